The van der Waals surface area contributed by atoms with Gasteiger partial charge in [-0.1, -0.05) is 12.8 Å². The molecule has 0 saturated heterocycles. The average molecular weight is 240 g/mol. The zero-order chi connectivity index (χ0) is 12.5. The van der Waals surface area contributed by atoms with E-state index in [2.05, 4.69) is 10.6 Å². The third-order valence-corrected chi connectivity index (χ3v) is 3.91. The second-order valence-electron chi connectivity index (χ2n) is 5.32. The molecule has 17 heavy (non-hydrogen) atoms. The predicted molar refractivity (Wildman–Crippen MR) is 62.7 cm³/mol. The van der Waals surface area contributed by atoms with Crippen LogP contribution < -0.4 is 10.6 Å². The first-order chi connectivity index (χ1) is 8.03. The van der Waals surface area contributed by atoms with Crippen LogP contribution in [0.2, 0.25) is 0 Å². The summed E-state index contributed by atoms with van der Waals surface area (Å²) in [6, 6.07) is -0.198. The third kappa shape index (κ3) is 2.70. The van der Waals surface area contributed by atoms with Crippen LogP contribution >= 0.6 is 0 Å². The van der Waals surface area contributed by atoms with Crippen molar-refractivity contribution in [3.8, 4) is 0 Å². The summed E-state index contributed by atoms with van der Waals surface area (Å²) in [6.07, 6.45) is 5.12. The number of rotatable bonds is 4. The summed E-state index contributed by atoms with van der Waals surface area (Å²) < 4.78 is 0. The van der Waals surface area contributed by atoms with Crippen LogP contribution in [0.1, 0.15) is 45.4 Å². The van der Waals surface area contributed by atoms with E-state index in [0.29, 0.717) is 18.8 Å². The number of urea groups is 1. The molecule has 2 saturated carbocycles. The van der Waals surface area contributed by atoms with Gasteiger partial charge in [-0.2, -0.15) is 0 Å². The molecule has 0 aromatic heterocycles. The molecule has 2 fully saturated rings. The van der Waals surface area contributed by atoms with Crippen molar-refractivity contribution in [3.63, 3.8) is 0 Å². The zero-order valence-corrected chi connectivity index (χ0v) is 10.2. The summed E-state index contributed by atoms with van der Waals surface area (Å²) in [5.74, 6) is -0.339. The lowest BCUT2D eigenvalue weighted by Crippen LogP contribution is -2.56. The summed E-state index contributed by atoms with van der Waals surface area (Å²) in [7, 11) is 0. The number of hydrogen-bond acceptors (Lipinski definition) is 2. The molecule has 2 aliphatic carbocycles. The average Bonchev–Trinajstić information content (AvgIpc) is 3.00. The van der Waals surface area contributed by atoms with E-state index >= 15 is 0 Å². The van der Waals surface area contributed by atoms with Crippen molar-refractivity contribution >= 4 is 12.0 Å². The van der Waals surface area contributed by atoms with Gasteiger partial charge < -0.3 is 15.7 Å². The molecule has 0 radical (unpaired) electrons. The monoisotopic (exact) mass is 240 g/mol. The first-order valence-corrected chi connectivity index (χ1v) is 6.35. The predicted octanol–water partition coefficient (Wildman–Crippen LogP) is 1.48. The van der Waals surface area contributed by atoms with Gasteiger partial charge in [-0.15, -0.1) is 0 Å². The van der Waals surface area contributed by atoms with Gasteiger partial charge in [0.05, 0.1) is 0 Å². The molecule has 0 spiro atoms. The van der Waals surface area contributed by atoms with Crippen molar-refractivity contribution in [1.82, 2.24) is 10.6 Å². The summed E-state index contributed by atoms with van der Waals surface area (Å²) in [6.45, 7) is 1.97. The highest BCUT2D eigenvalue weighted by Crippen LogP contribution is 2.33. The summed E-state index contributed by atoms with van der Waals surface area (Å²) >= 11 is 0. The first-order valence-electron chi connectivity index (χ1n) is 6.35. The van der Waals surface area contributed by atoms with Gasteiger partial charge in [-0.05, 0) is 38.5 Å². The Labute approximate surface area is 101 Å². The first kappa shape index (κ1) is 12.2. The largest absolute Gasteiger partial charge is 0.480 e. The van der Waals surface area contributed by atoms with Gasteiger partial charge in [0.1, 0.15) is 5.54 Å². The van der Waals surface area contributed by atoms with Gasteiger partial charge in [-0.3, -0.25) is 0 Å². The van der Waals surface area contributed by atoms with Crippen molar-refractivity contribution in [2.24, 2.45) is 5.92 Å². The van der Waals surface area contributed by atoms with Crippen molar-refractivity contribution in [2.75, 3.05) is 0 Å². The van der Waals surface area contributed by atoms with Crippen LogP contribution in [0.5, 0.6) is 0 Å². The summed E-state index contributed by atoms with van der Waals surface area (Å²) in [4.78, 5) is 23.0. The third-order valence-electron chi connectivity index (χ3n) is 3.91. The molecular formula is C12H20N2O3. The minimum absolute atomic E-state index is 0.141. The van der Waals surface area contributed by atoms with Crippen molar-refractivity contribution in [1.29, 1.82) is 0 Å². The smallest absolute Gasteiger partial charge is 0.329 e. The standard InChI is InChI=1S/C12H20N2O3/c1-8(9-4-5-9)13-11(17)14-12(10(15)16)6-2-3-7-12/h8-9H,2-7H2,1H3,(H,15,16)(H2,13,14,17). The van der Waals surface area contributed by atoms with E-state index in [1.165, 1.54) is 0 Å². The maximum atomic E-state index is 11.8. The van der Waals surface area contributed by atoms with Gasteiger partial charge in [0.15, 0.2) is 0 Å². The minimum Gasteiger partial charge on any atom is -0.480 e. The molecule has 5 nitrogen and oxygen atoms in total. The van der Waals surface area contributed by atoms with Crippen molar-refractivity contribution < 1.29 is 14.7 Å². The second-order valence-corrected chi connectivity index (χ2v) is 5.32. The fourth-order valence-corrected chi connectivity index (χ4v) is 2.55. The zero-order valence-electron chi connectivity index (χ0n) is 10.2. The topological polar surface area (TPSA) is 78.4 Å². The highest BCUT2D eigenvalue weighted by atomic mass is 16.4. The lowest BCUT2D eigenvalue weighted by Gasteiger charge is -2.26. The normalized spacial score (nSPS) is 24.1. The second kappa shape index (κ2) is 4.55. The number of nitrogens with one attached hydrogen (secondary N) is 2. The van der Waals surface area contributed by atoms with Crippen LogP contribution in [0, 0.1) is 5.92 Å². The van der Waals surface area contributed by atoms with E-state index in [1.807, 2.05) is 6.92 Å². The molecule has 5 heteroatoms. The lowest BCUT2D eigenvalue weighted by atomic mass is 9.98. The molecule has 0 aromatic carbocycles. The van der Waals surface area contributed by atoms with E-state index in [-0.39, 0.29) is 12.1 Å². The van der Waals surface area contributed by atoms with Crippen LogP contribution in [0.3, 0.4) is 0 Å². The molecular weight excluding hydrogens is 220 g/mol. The fourth-order valence-electron chi connectivity index (χ4n) is 2.55. The summed E-state index contributed by atoms with van der Waals surface area (Å²) in [5, 5.41) is 14.7. The quantitative estimate of drug-likeness (QED) is 0.696. The maximum absolute atomic E-state index is 11.8. The Balaban J connectivity index is 1.89. The van der Waals surface area contributed by atoms with E-state index in [1.54, 1.807) is 0 Å². The maximum Gasteiger partial charge on any atom is 0.329 e. The molecule has 2 amide bonds. The van der Waals surface area contributed by atoms with Gasteiger partial charge in [0, 0.05) is 6.04 Å². The number of carboxylic acids is 1. The molecule has 0 heterocycles. The molecule has 0 aromatic rings. The van der Waals surface area contributed by atoms with Crippen LogP contribution in [0.15, 0.2) is 0 Å². The van der Waals surface area contributed by atoms with Gasteiger partial charge in [0.2, 0.25) is 0 Å². The van der Waals surface area contributed by atoms with E-state index in [4.69, 9.17) is 0 Å². The summed E-state index contributed by atoms with van der Waals surface area (Å²) in [5.41, 5.74) is -1.03. The highest BCUT2D eigenvalue weighted by molar-refractivity contribution is 5.86. The minimum atomic E-state index is -1.03. The van der Waals surface area contributed by atoms with Gasteiger partial charge >= 0.3 is 12.0 Å². The Morgan fingerprint density at radius 1 is 1.29 bits per heavy atom. The van der Waals surface area contributed by atoms with Crippen LogP contribution in [0.4, 0.5) is 4.79 Å². The molecule has 0 aliphatic heterocycles. The molecule has 2 rings (SSSR count). The Morgan fingerprint density at radius 3 is 2.35 bits per heavy atom. The Bertz CT molecular complexity index is 320. The molecule has 0 bridgehead atoms. The van der Waals surface area contributed by atoms with E-state index in [9.17, 15) is 14.7 Å². The number of carbonyl (C=O) groups is 2. The Kier molecular flexibility index (Phi) is 3.26. The number of carboxylic acid groups (broad SMARTS) is 1. The van der Waals surface area contributed by atoms with E-state index < -0.39 is 11.5 Å². The molecule has 2 aliphatic rings. The number of aliphatic carboxylic acids is 1. The fraction of sp³-hybridized carbons (Fsp3) is 0.833. The van der Waals surface area contributed by atoms with E-state index in [0.717, 1.165) is 25.7 Å². The Morgan fingerprint density at radius 2 is 1.88 bits per heavy atom. The van der Waals surface area contributed by atoms with Crippen molar-refractivity contribution in [2.45, 2.75) is 57.0 Å². The number of amides is 2. The number of hydrogen-bond donors (Lipinski definition) is 3. The van der Waals surface area contributed by atoms with Crippen LogP contribution in [-0.2, 0) is 4.79 Å². The van der Waals surface area contributed by atoms with Crippen LogP contribution in [0.25, 0.3) is 0 Å². The van der Waals surface area contributed by atoms with Gasteiger partial charge in [-0.25, -0.2) is 9.59 Å². The lowest BCUT2D eigenvalue weighted by molar-refractivity contribution is -0.144. The number of carbonyl (C=O) groups excluding carboxylic acids is 1. The molecule has 1 atom stereocenters. The SMILES string of the molecule is CC(NC(=O)NC1(C(=O)O)CCCC1)C1CC1. The molecule has 3 N–H and O–H groups in total. The van der Waals surface area contributed by atoms with Crippen molar-refractivity contribution in [3.05, 3.63) is 0 Å². The molecule has 1 unspecified atom stereocenters. The highest BCUT2D eigenvalue weighted by Gasteiger charge is 2.43. The molecule has 96 valence electrons. The van der Waals surface area contributed by atoms with Gasteiger partial charge in [0.25, 0.3) is 0 Å². The Hall–Kier alpha value is -1.26. The van der Waals surface area contributed by atoms with Crippen LogP contribution in [-0.4, -0.2) is 28.7 Å².